The minimum absolute atomic E-state index is 0.00288. The van der Waals surface area contributed by atoms with Crippen LogP contribution in [0.2, 0.25) is 0 Å². The number of hydrogen-bond donors (Lipinski definition) is 3. The summed E-state index contributed by atoms with van der Waals surface area (Å²) in [6.07, 6.45) is 0.351. The lowest BCUT2D eigenvalue weighted by Crippen LogP contribution is -2.61. The molecule has 5 aliphatic rings. The van der Waals surface area contributed by atoms with Gasteiger partial charge in [0.15, 0.2) is 0 Å². The van der Waals surface area contributed by atoms with Crippen molar-refractivity contribution in [3.8, 4) is 5.88 Å². The number of anilines is 1. The Balaban J connectivity index is 1.34. The summed E-state index contributed by atoms with van der Waals surface area (Å²) in [5, 5.41) is 5.47. The molecule has 4 heterocycles. The molecule has 2 saturated carbocycles. The summed E-state index contributed by atoms with van der Waals surface area (Å²) in [6, 6.07) is -0.182. The first-order chi connectivity index (χ1) is 21.4. The smallest absolute Gasteiger partial charge is 0.408 e. The molecule has 5 amide bonds. The number of carbonyl (C=O) groups excluding carboxylic acids is 5. The van der Waals surface area contributed by atoms with E-state index in [1.165, 1.54) is 16.0 Å². The molecule has 4 N–H and O–H groups in total. The Kier molecular flexibility index (Phi) is 7.51. The number of ether oxygens (including phenoxy) is 2. The van der Waals surface area contributed by atoms with E-state index < -0.39 is 82.5 Å². The molecular formula is C32H43FN6O7. The van der Waals surface area contributed by atoms with Gasteiger partial charge >= 0.3 is 6.09 Å². The number of pyridine rings is 1. The van der Waals surface area contributed by atoms with E-state index in [2.05, 4.69) is 15.6 Å². The lowest BCUT2D eigenvalue weighted by molar-refractivity contribution is -0.150. The predicted octanol–water partition coefficient (Wildman–Crippen LogP) is 2.00. The van der Waals surface area contributed by atoms with Gasteiger partial charge in [0.05, 0.1) is 6.54 Å². The molecule has 2 saturated heterocycles. The predicted molar refractivity (Wildman–Crippen MR) is 162 cm³/mol. The van der Waals surface area contributed by atoms with Gasteiger partial charge in [-0.15, -0.1) is 0 Å². The molecule has 2 bridgehead atoms. The molecule has 0 unspecified atom stereocenters. The highest BCUT2D eigenvalue weighted by Gasteiger charge is 2.65. The van der Waals surface area contributed by atoms with Crippen LogP contribution in [0.5, 0.6) is 5.88 Å². The van der Waals surface area contributed by atoms with Gasteiger partial charge in [-0.05, 0) is 74.8 Å². The summed E-state index contributed by atoms with van der Waals surface area (Å²) in [6.45, 7) is 10.4. The van der Waals surface area contributed by atoms with Crippen LogP contribution in [0, 0.1) is 29.1 Å². The van der Waals surface area contributed by atoms with Crippen LogP contribution < -0.4 is 21.1 Å². The van der Waals surface area contributed by atoms with Crippen molar-refractivity contribution >= 4 is 35.4 Å². The zero-order chi connectivity index (χ0) is 33.5. The molecule has 1 spiro atoms. The van der Waals surface area contributed by atoms with Gasteiger partial charge in [0.25, 0.3) is 5.91 Å². The topological polar surface area (TPSA) is 173 Å². The average Bonchev–Trinajstić information content (AvgIpc) is 3.70. The summed E-state index contributed by atoms with van der Waals surface area (Å²) in [5.41, 5.74) is 2.92. The highest BCUT2D eigenvalue weighted by atomic mass is 19.1. The van der Waals surface area contributed by atoms with Crippen molar-refractivity contribution in [1.29, 1.82) is 0 Å². The molecule has 0 radical (unpaired) electrons. The molecule has 4 fully saturated rings. The number of aromatic nitrogens is 1. The van der Waals surface area contributed by atoms with Crippen molar-refractivity contribution in [3.05, 3.63) is 18.3 Å². The van der Waals surface area contributed by atoms with Crippen LogP contribution in [0.3, 0.4) is 0 Å². The lowest BCUT2D eigenvalue weighted by Gasteiger charge is -2.39. The van der Waals surface area contributed by atoms with Gasteiger partial charge in [-0.1, -0.05) is 20.8 Å². The molecule has 3 aliphatic heterocycles. The number of rotatable bonds is 4. The quantitative estimate of drug-likeness (QED) is 0.447. The molecule has 6 rings (SSSR count). The Morgan fingerprint density at radius 1 is 1.15 bits per heavy atom. The molecule has 46 heavy (non-hydrogen) atoms. The summed E-state index contributed by atoms with van der Waals surface area (Å²) >= 11 is 0. The van der Waals surface area contributed by atoms with E-state index in [0.717, 1.165) is 0 Å². The minimum atomic E-state index is -1.65. The second kappa shape index (κ2) is 10.8. The second-order valence-electron chi connectivity index (χ2n) is 15.5. The molecular weight excluding hydrogens is 599 g/mol. The van der Waals surface area contributed by atoms with Gasteiger partial charge in [-0.25, -0.2) is 14.2 Å². The third-order valence-corrected chi connectivity index (χ3v) is 10.2. The van der Waals surface area contributed by atoms with E-state index in [0.29, 0.717) is 18.5 Å². The third-order valence-electron chi connectivity index (χ3n) is 10.2. The molecule has 13 nitrogen and oxygen atoms in total. The number of halogens is 1. The zero-order valence-corrected chi connectivity index (χ0v) is 27.0. The number of carbonyl (C=O) groups is 5. The van der Waals surface area contributed by atoms with Crippen molar-refractivity contribution in [1.82, 2.24) is 20.1 Å². The van der Waals surface area contributed by atoms with E-state index in [1.54, 1.807) is 53.7 Å². The summed E-state index contributed by atoms with van der Waals surface area (Å²) < 4.78 is 26.8. The maximum Gasteiger partial charge on any atom is 0.408 e. The van der Waals surface area contributed by atoms with Crippen LogP contribution in [-0.4, -0.2) is 93.1 Å². The Hall–Kier alpha value is -3.97. The Morgan fingerprint density at radius 2 is 1.87 bits per heavy atom. The Morgan fingerprint density at radius 3 is 2.52 bits per heavy atom. The van der Waals surface area contributed by atoms with Gasteiger partial charge in [-0.3, -0.25) is 19.2 Å². The largest absolute Gasteiger partial charge is 0.457 e. The highest BCUT2D eigenvalue weighted by molar-refractivity contribution is 6.03. The number of alkyl carbamates (subject to hydrolysis) is 1. The molecule has 14 heteroatoms. The number of likely N-dealkylation sites (tertiary alicyclic amines) is 2. The fourth-order valence-corrected chi connectivity index (χ4v) is 8.29. The van der Waals surface area contributed by atoms with Gasteiger partial charge in [0.2, 0.25) is 29.2 Å². The zero-order valence-electron chi connectivity index (χ0n) is 27.0. The number of nitrogens with one attached hydrogen (secondary N) is 2. The van der Waals surface area contributed by atoms with Crippen LogP contribution in [0.15, 0.2) is 18.3 Å². The normalized spacial score (nSPS) is 33.6. The number of alkyl halides is 1. The van der Waals surface area contributed by atoms with Crippen LogP contribution in [0.4, 0.5) is 14.9 Å². The van der Waals surface area contributed by atoms with E-state index in [-0.39, 0.29) is 37.2 Å². The Bertz CT molecular complexity index is 1480. The van der Waals surface area contributed by atoms with E-state index in [4.69, 9.17) is 15.2 Å². The first-order valence-corrected chi connectivity index (χ1v) is 15.9. The van der Waals surface area contributed by atoms with Crippen molar-refractivity contribution in [3.63, 3.8) is 0 Å². The van der Waals surface area contributed by atoms with E-state index in [1.807, 2.05) is 0 Å². The molecule has 1 aromatic heterocycles. The molecule has 1 aromatic rings. The molecule has 250 valence electrons. The van der Waals surface area contributed by atoms with E-state index >= 15 is 4.39 Å². The third kappa shape index (κ3) is 5.32. The monoisotopic (exact) mass is 642 g/mol. The van der Waals surface area contributed by atoms with Gasteiger partial charge in [-0.2, -0.15) is 0 Å². The van der Waals surface area contributed by atoms with Crippen molar-refractivity contribution in [2.24, 2.45) is 34.8 Å². The number of primary amides is 1. The summed E-state index contributed by atoms with van der Waals surface area (Å²) in [4.78, 5) is 75.2. The SMILES string of the molecule is CC(C)(C)OC(=O)N[C@H](C(=O)N1C[C@@H]2[C@H]3C[C@@H]([C@@H]2[C@H]1C(=O)N1C[C@@]2(C[C@H]1C(N)=O)Oc1ncccc1NC2=O)[C@H](F)C3)C(C)(C)C. The standard InChI is InChI=1S/C32H43FN6O7/c1-30(2,3)23(37-29(44)46-31(4,5)6)27(42)38-13-17-15-10-16(18(33)11-15)21(17)22(38)26(41)39-14-32(12-20(39)24(34)40)28(43)36-19-8-7-9-35-25(19)45-32/h7-9,15-18,20-23H,10-14H2,1-6H3,(H2,34,40)(H,36,43)(H,37,44)/t15-,16+,17+,18+,20-,21-,22-,23+,32+/m0/s1. The highest BCUT2D eigenvalue weighted by Crippen LogP contribution is 2.59. The average molecular weight is 643 g/mol. The molecule has 2 aliphatic carbocycles. The number of nitrogens with zero attached hydrogens (tertiary/aromatic N) is 3. The number of nitrogens with two attached hydrogens (primary N) is 1. The first-order valence-electron chi connectivity index (χ1n) is 15.9. The second-order valence-corrected chi connectivity index (χ2v) is 15.5. The van der Waals surface area contributed by atoms with Crippen LogP contribution in [-0.2, 0) is 23.9 Å². The fourth-order valence-electron chi connectivity index (χ4n) is 8.29. The van der Waals surface area contributed by atoms with E-state index in [9.17, 15) is 24.0 Å². The minimum Gasteiger partial charge on any atom is -0.457 e. The maximum atomic E-state index is 15.3. The van der Waals surface area contributed by atoms with Crippen LogP contribution in [0.25, 0.3) is 0 Å². The number of hydrogen-bond acceptors (Lipinski definition) is 8. The first kappa shape index (κ1) is 32.0. The Labute approximate surface area is 267 Å². The van der Waals surface area contributed by atoms with Crippen LogP contribution in [0.1, 0.15) is 60.8 Å². The van der Waals surface area contributed by atoms with Crippen molar-refractivity contribution < 1.29 is 37.8 Å². The lowest BCUT2D eigenvalue weighted by atomic mass is 9.77. The molecule has 9 atom stereocenters. The van der Waals surface area contributed by atoms with Gasteiger partial charge in [0, 0.05) is 19.2 Å². The fraction of sp³-hybridized carbons (Fsp3) is 0.688. The van der Waals surface area contributed by atoms with Gasteiger partial charge < -0.3 is 35.6 Å². The van der Waals surface area contributed by atoms with Crippen LogP contribution >= 0.6 is 0 Å². The maximum absolute atomic E-state index is 15.3. The van der Waals surface area contributed by atoms with Crippen molar-refractivity contribution in [2.75, 3.05) is 18.4 Å². The number of fused-ring (bicyclic) bond motifs is 6. The summed E-state index contributed by atoms with van der Waals surface area (Å²) in [5.74, 6) is -3.43. The molecule has 0 aromatic carbocycles. The summed E-state index contributed by atoms with van der Waals surface area (Å²) in [7, 11) is 0. The number of amides is 5. The van der Waals surface area contributed by atoms with Crippen molar-refractivity contribution in [2.45, 2.75) is 96.3 Å². The van der Waals surface area contributed by atoms with Gasteiger partial charge in [0.1, 0.15) is 35.6 Å².